The van der Waals surface area contributed by atoms with Crippen LogP contribution < -0.4 is 0 Å². The quantitative estimate of drug-likeness (QED) is 0.656. The third-order valence-electron chi connectivity index (χ3n) is 3.17. The Morgan fingerprint density at radius 3 is 2.70 bits per heavy atom. The maximum Gasteiger partial charge on any atom is 0.164 e. The van der Waals surface area contributed by atoms with Crippen LogP contribution in [-0.2, 0) is 5.88 Å². The first kappa shape index (κ1) is 13.4. The lowest BCUT2D eigenvalue weighted by Crippen LogP contribution is -2.01. The first-order valence-electron chi connectivity index (χ1n) is 6.26. The number of fused-ring (bicyclic) bond motifs is 1. The van der Waals surface area contributed by atoms with Gasteiger partial charge in [-0.05, 0) is 43.2 Å². The third-order valence-corrected chi connectivity index (χ3v) is 3.72. The Hall–Kier alpha value is -1.58. The number of alkyl halides is 1. The predicted octanol–water partition coefficient (Wildman–Crippen LogP) is 4.43. The second kappa shape index (κ2) is 5.08. The largest absolute Gasteiger partial charge is 0.278 e. The fraction of sp³-hybridized carbons (Fsp3) is 0.200. The number of hydrogen-bond acceptors (Lipinski definition) is 2. The zero-order valence-corrected chi connectivity index (χ0v) is 12.7. The minimum Gasteiger partial charge on any atom is -0.278 e. The van der Waals surface area contributed by atoms with E-state index in [0.717, 1.165) is 33.8 Å². The van der Waals surface area contributed by atoms with Gasteiger partial charge in [-0.2, -0.15) is 0 Å². The van der Waals surface area contributed by atoms with Crippen LogP contribution in [0.15, 0.2) is 30.5 Å². The van der Waals surface area contributed by atoms with E-state index in [9.17, 15) is 0 Å². The van der Waals surface area contributed by atoms with Gasteiger partial charge in [-0.25, -0.2) is 9.97 Å². The molecular weight excluding hydrogens is 293 g/mol. The highest BCUT2D eigenvalue weighted by Crippen LogP contribution is 2.27. The second-order valence-electron chi connectivity index (χ2n) is 4.81. The molecule has 0 bridgehead atoms. The topological polar surface area (TPSA) is 30.7 Å². The van der Waals surface area contributed by atoms with Gasteiger partial charge in [-0.3, -0.25) is 4.57 Å². The van der Waals surface area contributed by atoms with E-state index >= 15 is 0 Å². The van der Waals surface area contributed by atoms with Gasteiger partial charge in [-0.1, -0.05) is 17.7 Å². The van der Waals surface area contributed by atoms with Crippen LogP contribution >= 0.6 is 23.2 Å². The van der Waals surface area contributed by atoms with Gasteiger partial charge in [0.05, 0.1) is 16.6 Å². The molecule has 0 amide bonds. The Morgan fingerprint density at radius 1 is 1.15 bits per heavy atom. The molecule has 0 spiro atoms. The molecule has 102 valence electrons. The number of aromatic nitrogens is 3. The zero-order chi connectivity index (χ0) is 14.3. The van der Waals surface area contributed by atoms with Gasteiger partial charge >= 0.3 is 0 Å². The van der Waals surface area contributed by atoms with E-state index in [-0.39, 0.29) is 0 Å². The molecule has 0 radical (unpaired) electrons. The minimum atomic E-state index is 0.305. The summed E-state index contributed by atoms with van der Waals surface area (Å²) in [6, 6.07) is 7.87. The maximum atomic E-state index is 6.33. The second-order valence-corrected chi connectivity index (χ2v) is 5.48. The van der Waals surface area contributed by atoms with E-state index in [1.807, 2.05) is 48.9 Å². The van der Waals surface area contributed by atoms with Crippen LogP contribution in [0.5, 0.6) is 0 Å². The fourth-order valence-electron chi connectivity index (χ4n) is 2.25. The molecule has 3 aromatic rings. The smallest absolute Gasteiger partial charge is 0.164 e. The van der Waals surface area contributed by atoms with Crippen LogP contribution in [0.2, 0.25) is 5.02 Å². The van der Waals surface area contributed by atoms with Crippen molar-refractivity contribution in [1.29, 1.82) is 0 Å². The lowest BCUT2D eigenvalue weighted by Gasteiger charge is -2.10. The fourth-order valence-corrected chi connectivity index (χ4v) is 2.63. The monoisotopic (exact) mass is 305 g/mol. The van der Waals surface area contributed by atoms with Crippen molar-refractivity contribution < 1.29 is 0 Å². The van der Waals surface area contributed by atoms with Gasteiger partial charge in [0.1, 0.15) is 11.3 Å². The van der Waals surface area contributed by atoms with Crippen molar-refractivity contribution in [3.05, 3.63) is 52.4 Å². The van der Waals surface area contributed by atoms with Crippen LogP contribution in [-0.4, -0.2) is 14.5 Å². The number of benzene rings is 1. The summed E-state index contributed by atoms with van der Waals surface area (Å²) in [5, 5.41) is 0.656. The molecule has 0 aliphatic heterocycles. The van der Waals surface area contributed by atoms with Gasteiger partial charge in [0, 0.05) is 6.20 Å². The number of imidazole rings is 1. The Morgan fingerprint density at radius 2 is 1.95 bits per heavy atom. The standard InChI is InChI=1S/C15H13Cl2N3/c1-9-3-4-11(17)13(6-9)20-14(7-16)19-12-5-10(2)8-18-15(12)20/h3-6,8H,7H2,1-2H3. The van der Waals surface area contributed by atoms with Crippen molar-refractivity contribution >= 4 is 34.4 Å². The molecule has 0 saturated heterocycles. The molecule has 3 rings (SSSR count). The van der Waals surface area contributed by atoms with Gasteiger partial charge in [0.25, 0.3) is 0 Å². The summed E-state index contributed by atoms with van der Waals surface area (Å²) in [4.78, 5) is 9.03. The van der Waals surface area contributed by atoms with Crippen LogP contribution in [0, 0.1) is 13.8 Å². The highest BCUT2D eigenvalue weighted by atomic mass is 35.5. The molecule has 0 N–H and O–H groups in total. The highest BCUT2D eigenvalue weighted by molar-refractivity contribution is 6.32. The van der Waals surface area contributed by atoms with Crippen molar-refractivity contribution in [2.24, 2.45) is 0 Å². The van der Waals surface area contributed by atoms with Crippen molar-refractivity contribution in [3.63, 3.8) is 0 Å². The number of pyridine rings is 1. The number of halogens is 2. The van der Waals surface area contributed by atoms with E-state index < -0.39 is 0 Å². The first-order valence-corrected chi connectivity index (χ1v) is 7.18. The molecule has 0 unspecified atom stereocenters. The average molecular weight is 306 g/mol. The molecule has 0 aliphatic rings. The molecule has 0 saturated carbocycles. The van der Waals surface area contributed by atoms with E-state index in [0.29, 0.717) is 10.9 Å². The molecule has 0 atom stereocenters. The predicted molar refractivity (Wildman–Crippen MR) is 82.9 cm³/mol. The van der Waals surface area contributed by atoms with E-state index in [2.05, 4.69) is 9.97 Å². The van der Waals surface area contributed by atoms with E-state index in [1.165, 1.54) is 0 Å². The van der Waals surface area contributed by atoms with Crippen LogP contribution in [0.4, 0.5) is 0 Å². The Labute approximate surface area is 127 Å². The number of nitrogens with zero attached hydrogens (tertiary/aromatic N) is 3. The molecule has 5 heteroatoms. The minimum absolute atomic E-state index is 0.305. The van der Waals surface area contributed by atoms with E-state index in [1.54, 1.807) is 0 Å². The van der Waals surface area contributed by atoms with Crippen LogP contribution in [0.1, 0.15) is 17.0 Å². The lowest BCUT2D eigenvalue weighted by molar-refractivity contribution is 0.968. The van der Waals surface area contributed by atoms with Crippen molar-refractivity contribution in [2.45, 2.75) is 19.7 Å². The summed E-state index contributed by atoms with van der Waals surface area (Å²) in [7, 11) is 0. The summed E-state index contributed by atoms with van der Waals surface area (Å²) in [5.41, 5.74) is 4.66. The highest BCUT2D eigenvalue weighted by Gasteiger charge is 2.15. The summed E-state index contributed by atoms with van der Waals surface area (Å²) in [6.07, 6.45) is 1.82. The van der Waals surface area contributed by atoms with Crippen molar-refractivity contribution in [3.8, 4) is 5.69 Å². The lowest BCUT2D eigenvalue weighted by atomic mass is 10.2. The summed E-state index contributed by atoms with van der Waals surface area (Å²) >= 11 is 12.4. The molecular formula is C15H13Cl2N3. The van der Waals surface area contributed by atoms with Gasteiger partial charge in [-0.15, -0.1) is 11.6 Å². The number of hydrogen-bond donors (Lipinski definition) is 0. The SMILES string of the molecule is Cc1ccc(Cl)c(-n2c(CCl)nc3cc(C)cnc32)c1. The number of rotatable bonds is 2. The van der Waals surface area contributed by atoms with E-state index in [4.69, 9.17) is 23.2 Å². The molecule has 2 aromatic heterocycles. The molecule has 0 aliphatic carbocycles. The van der Waals surface area contributed by atoms with Crippen molar-refractivity contribution in [2.75, 3.05) is 0 Å². The molecule has 1 aromatic carbocycles. The van der Waals surface area contributed by atoms with Crippen LogP contribution in [0.25, 0.3) is 16.9 Å². The molecule has 3 nitrogen and oxygen atoms in total. The molecule has 20 heavy (non-hydrogen) atoms. The van der Waals surface area contributed by atoms with Crippen LogP contribution in [0.3, 0.4) is 0 Å². The third kappa shape index (κ3) is 2.17. The molecule has 2 heterocycles. The Bertz CT molecular complexity index is 793. The van der Waals surface area contributed by atoms with Gasteiger partial charge < -0.3 is 0 Å². The Balaban J connectivity index is 2.37. The first-order chi connectivity index (χ1) is 9.60. The average Bonchev–Trinajstić information content (AvgIpc) is 2.78. The van der Waals surface area contributed by atoms with Crippen molar-refractivity contribution in [1.82, 2.24) is 14.5 Å². The normalized spacial score (nSPS) is 11.2. The molecule has 0 fully saturated rings. The summed E-state index contributed by atoms with van der Waals surface area (Å²) < 4.78 is 1.93. The summed E-state index contributed by atoms with van der Waals surface area (Å²) in [6.45, 7) is 4.02. The summed E-state index contributed by atoms with van der Waals surface area (Å²) in [5.74, 6) is 1.05. The van der Waals surface area contributed by atoms with Gasteiger partial charge in [0.15, 0.2) is 5.65 Å². The number of aryl methyl sites for hydroxylation is 2. The van der Waals surface area contributed by atoms with Gasteiger partial charge in [0.2, 0.25) is 0 Å². The Kier molecular flexibility index (Phi) is 3.40. The zero-order valence-electron chi connectivity index (χ0n) is 11.2. The maximum absolute atomic E-state index is 6.33.